The molecule has 1 unspecified atom stereocenters. The Morgan fingerprint density at radius 3 is 2.29 bits per heavy atom. The van der Waals surface area contributed by atoms with Gasteiger partial charge in [-0.25, -0.2) is 4.39 Å². The van der Waals surface area contributed by atoms with Crippen LogP contribution in [0.5, 0.6) is 0 Å². The smallest absolute Gasteiger partial charge is 0.126 e. The highest BCUT2D eigenvalue weighted by atomic mass is 19.1. The highest BCUT2D eigenvalue weighted by molar-refractivity contribution is 5.51. The van der Waals surface area contributed by atoms with E-state index >= 15 is 0 Å². The molecule has 0 aliphatic carbocycles. The van der Waals surface area contributed by atoms with Crippen molar-refractivity contribution in [1.29, 1.82) is 0 Å². The van der Waals surface area contributed by atoms with Crippen LogP contribution in [0.25, 0.3) is 0 Å². The largest absolute Gasteiger partial charge is 0.382 e. The van der Waals surface area contributed by atoms with Gasteiger partial charge in [-0.05, 0) is 50.7 Å². The molecule has 2 aromatic rings. The maximum atomic E-state index is 13.7. The lowest BCUT2D eigenvalue weighted by atomic mass is 10.1. The number of rotatable bonds is 6. The van der Waals surface area contributed by atoms with E-state index in [-0.39, 0.29) is 11.9 Å². The lowest BCUT2D eigenvalue weighted by molar-refractivity contribution is 0.403. The van der Waals surface area contributed by atoms with E-state index in [0.717, 1.165) is 17.8 Å². The first kappa shape index (κ1) is 15.5. The number of hydrogen-bond donors (Lipinski definition) is 1. The van der Waals surface area contributed by atoms with Crippen molar-refractivity contribution in [2.45, 2.75) is 25.9 Å². The molecule has 0 bridgehead atoms. The molecule has 2 aromatic carbocycles. The van der Waals surface area contributed by atoms with Gasteiger partial charge in [-0.3, -0.25) is 0 Å². The van der Waals surface area contributed by atoms with Gasteiger partial charge in [0.05, 0.1) is 0 Å². The first-order valence-electron chi connectivity index (χ1n) is 7.29. The summed E-state index contributed by atoms with van der Waals surface area (Å²) in [4.78, 5) is 2.14. The summed E-state index contributed by atoms with van der Waals surface area (Å²) in [7, 11) is 4.11. The fourth-order valence-electron chi connectivity index (χ4n) is 2.45. The van der Waals surface area contributed by atoms with Gasteiger partial charge in [-0.15, -0.1) is 0 Å². The van der Waals surface area contributed by atoms with Crippen LogP contribution in [0.3, 0.4) is 0 Å². The Balaban J connectivity index is 2.06. The van der Waals surface area contributed by atoms with Crippen molar-refractivity contribution in [3.8, 4) is 0 Å². The second-order valence-electron chi connectivity index (χ2n) is 5.74. The van der Waals surface area contributed by atoms with Crippen LogP contribution < -0.4 is 5.32 Å². The molecule has 0 aliphatic rings. The van der Waals surface area contributed by atoms with E-state index in [4.69, 9.17) is 0 Å². The molecule has 1 N–H and O–H groups in total. The maximum Gasteiger partial charge on any atom is 0.126 e. The van der Waals surface area contributed by atoms with E-state index in [1.807, 2.05) is 24.3 Å². The van der Waals surface area contributed by atoms with Crippen molar-refractivity contribution < 1.29 is 4.39 Å². The summed E-state index contributed by atoms with van der Waals surface area (Å²) in [6.45, 7) is 2.97. The van der Waals surface area contributed by atoms with Gasteiger partial charge in [0.2, 0.25) is 0 Å². The Morgan fingerprint density at radius 2 is 1.62 bits per heavy atom. The molecule has 1 atom stereocenters. The highest BCUT2D eigenvalue weighted by Gasteiger charge is 2.09. The van der Waals surface area contributed by atoms with Crippen LogP contribution in [0.1, 0.15) is 18.1 Å². The van der Waals surface area contributed by atoms with Crippen LogP contribution in [-0.2, 0) is 13.0 Å². The predicted molar refractivity (Wildman–Crippen MR) is 87.0 cm³/mol. The Kier molecular flexibility index (Phi) is 5.34. The minimum absolute atomic E-state index is 0.132. The second kappa shape index (κ2) is 7.23. The summed E-state index contributed by atoms with van der Waals surface area (Å²) in [5.74, 6) is -0.132. The number of hydrogen-bond acceptors (Lipinski definition) is 2. The minimum Gasteiger partial charge on any atom is -0.382 e. The van der Waals surface area contributed by atoms with Crippen LogP contribution >= 0.6 is 0 Å². The summed E-state index contributed by atoms with van der Waals surface area (Å²) in [5, 5.41) is 3.50. The molecular weight excluding hydrogens is 263 g/mol. The third-order valence-corrected chi connectivity index (χ3v) is 3.39. The van der Waals surface area contributed by atoms with E-state index in [9.17, 15) is 4.39 Å². The Morgan fingerprint density at radius 1 is 1.00 bits per heavy atom. The molecule has 2 rings (SSSR count). The fourth-order valence-corrected chi connectivity index (χ4v) is 2.45. The predicted octanol–water partition coefficient (Wildman–Crippen LogP) is 3.93. The number of anilines is 1. The van der Waals surface area contributed by atoms with Gasteiger partial charge >= 0.3 is 0 Å². The van der Waals surface area contributed by atoms with E-state index in [1.54, 1.807) is 6.07 Å². The average Bonchev–Trinajstić information content (AvgIpc) is 2.43. The van der Waals surface area contributed by atoms with Crippen molar-refractivity contribution in [3.63, 3.8) is 0 Å². The Labute approximate surface area is 126 Å². The van der Waals surface area contributed by atoms with E-state index in [2.05, 4.69) is 43.4 Å². The SMILES string of the molecule is CC(Cc1ccccc1F)Nc1ccccc1CN(C)C. The monoisotopic (exact) mass is 286 g/mol. The zero-order valence-corrected chi connectivity index (χ0v) is 12.9. The standard InChI is InChI=1S/C18H23FN2/c1-14(12-15-8-4-6-10-17(15)19)20-18-11-7-5-9-16(18)13-21(2)3/h4-11,14,20H,12-13H2,1-3H3. The summed E-state index contributed by atoms with van der Waals surface area (Å²) in [6.07, 6.45) is 0.670. The molecule has 0 aromatic heterocycles. The molecule has 0 aliphatic heterocycles. The lowest BCUT2D eigenvalue weighted by Gasteiger charge is -2.20. The normalized spacial score (nSPS) is 12.4. The molecule has 0 fully saturated rings. The molecule has 3 heteroatoms. The van der Waals surface area contributed by atoms with Gasteiger partial charge in [0.25, 0.3) is 0 Å². The summed E-state index contributed by atoms with van der Waals surface area (Å²) in [5.41, 5.74) is 3.13. The van der Waals surface area contributed by atoms with Gasteiger partial charge in [0.1, 0.15) is 5.82 Å². The first-order valence-corrected chi connectivity index (χ1v) is 7.29. The second-order valence-corrected chi connectivity index (χ2v) is 5.74. The molecule has 0 saturated carbocycles. The first-order chi connectivity index (χ1) is 10.1. The van der Waals surface area contributed by atoms with Gasteiger partial charge in [0, 0.05) is 18.3 Å². The molecule has 0 saturated heterocycles. The number of nitrogens with zero attached hydrogens (tertiary/aromatic N) is 1. The molecule has 21 heavy (non-hydrogen) atoms. The molecule has 0 amide bonds. The quantitative estimate of drug-likeness (QED) is 0.865. The lowest BCUT2D eigenvalue weighted by Crippen LogP contribution is -2.21. The minimum atomic E-state index is -0.132. The van der Waals surface area contributed by atoms with E-state index < -0.39 is 0 Å². The molecule has 0 heterocycles. The number of nitrogens with one attached hydrogen (secondary N) is 1. The van der Waals surface area contributed by atoms with E-state index in [0.29, 0.717) is 6.42 Å². The van der Waals surface area contributed by atoms with Crippen LogP contribution in [0, 0.1) is 5.82 Å². The molecule has 0 spiro atoms. The van der Waals surface area contributed by atoms with Crippen molar-refractivity contribution in [1.82, 2.24) is 4.90 Å². The molecule has 112 valence electrons. The van der Waals surface area contributed by atoms with Gasteiger partial charge < -0.3 is 10.2 Å². The topological polar surface area (TPSA) is 15.3 Å². The highest BCUT2D eigenvalue weighted by Crippen LogP contribution is 2.19. The van der Waals surface area contributed by atoms with Crippen LogP contribution in [0.15, 0.2) is 48.5 Å². The average molecular weight is 286 g/mol. The van der Waals surface area contributed by atoms with Gasteiger partial charge in [0.15, 0.2) is 0 Å². The zero-order valence-electron chi connectivity index (χ0n) is 12.9. The Bertz CT molecular complexity index is 581. The number of halogens is 1. The maximum absolute atomic E-state index is 13.7. The summed E-state index contributed by atoms with van der Waals surface area (Å²) >= 11 is 0. The molecule has 2 nitrogen and oxygen atoms in total. The number of para-hydroxylation sites is 1. The van der Waals surface area contributed by atoms with Crippen LogP contribution in [-0.4, -0.2) is 25.0 Å². The zero-order chi connectivity index (χ0) is 15.2. The van der Waals surface area contributed by atoms with Gasteiger partial charge in [-0.1, -0.05) is 36.4 Å². The van der Waals surface area contributed by atoms with Crippen LogP contribution in [0.2, 0.25) is 0 Å². The summed E-state index contributed by atoms with van der Waals surface area (Å²) < 4.78 is 13.7. The van der Waals surface area contributed by atoms with Crippen LogP contribution in [0.4, 0.5) is 10.1 Å². The van der Waals surface area contributed by atoms with Gasteiger partial charge in [-0.2, -0.15) is 0 Å². The Hall–Kier alpha value is -1.87. The van der Waals surface area contributed by atoms with E-state index in [1.165, 1.54) is 11.6 Å². The third kappa shape index (κ3) is 4.57. The third-order valence-electron chi connectivity index (χ3n) is 3.39. The molecule has 0 radical (unpaired) electrons. The summed E-state index contributed by atoms with van der Waals surface area (Å²) in [6, 6.07) is 15.4. The fraction of sp³-hybridized carbons (Fsp3) is 0.333. The van der Waals surface area contributed by atoms with Crippen molar-refractivity contribution in [3.05, 3.63) is 65.5 Å². The van der Waals surface area contributed by atoms with Crippen molar-refractivity contribution in [2.24, 2.45) is 0 Å². The molecular formula is C18H23FN2. The van der Waals surface area contributed by atoms with Crippen molar-refractivity contribution in [2.75, 3.05) is 19.4 Å². The van der Waals surface area contributed by atoms with Crippen molar-refractivity contribution >= 4 is 5.69 Å². The number of benzene rings is 2.